The van der Waals surface area contributed by atoms with Crippen molar-refractivity contribution in [1.82, 2.24) is 33.9 Å². The molecule has 1 fully saturated rings. The van der Waals surface area contributed by atoms with Crippen molar-refractivity contribution in [3.63, 3.8) is 0 Å². The van der Waals surface area contributed by atoms with Crippen LogP contribution in [0.2, 0.25) is 0 Å². The Kier molecular flexibility index (Phi) is 5.84. The molecule has 1 saturated heterocycles. The van der Waals surface area contributed by atoms with Gasteiger partial charge in [-0.05, 0) is 19.1 Å². The number of hydrogen-bond donors (Lipinski definition) is 1. The van der Waals surface area contributed by atoms with E-state index in [9.17, 15) is 8.42 Å². The molecule has 0 saturated carbocycles. The Morgan fingerprint density at radius 2 is 2.04 bits per heavy atom. The molecular weight excluding hydrogens is 402 g/mol. The predicted molar refractivity (Wildman–Crippen MR) is 106 cm³/mol. The first kappa shape index (κ1) is 20.5. The number of aromatic nitrogens is 5. The van der Waals surface area contributed by atoms with Gasteiger partial charge in [-0.2, -0.15) is 9.40 Å². The Bertz CT molecular complexity index is 1050. The van der Waals surface area contributed by atoms with Crippen LogP contribution < -0.4 is 5.32 Å². The minimum absolute atomic E-state index is 0. The molecule has 3 aromatic rings. The van der Waals surface area contributed by atoms with Crippen LogP contribution >= 0.6 is 12.4 Å². The number of piperazine rings is 1. The molecular formula is C17H22ClN7O2S. The molecule has 4 rings (SSSR count). The second-order valence-corrected chi connectivity index (χ2v) is 8.28. The summed E-state index contributed by atoms with van der Waals surface area (Å²) in [6.07, 6.45) is 6.55. The maximum absolute atomic E-state index is 13.5. The lowest BCUT2D eigenvalue weighted by Crippen LogP contribution is -2.49. The molecule has 0 aromatic carbocycles. The average molecular weight is 424 g/mol. The molecule has 28 heavy (non-hydrogen) atoms. The lowest BCUT2D eigenvalue weighted by molar-refractivity contribution is 0.258. The minimum Gasteiger partial charge on any atom is -0.337 e. The smallest absolute Gasteiger partial charge is 0.247 e. The van der Waals surface area contributed by atoms with E-state index in [1.165, 1.54) is 10.5 Å². The number of pyridine rings is 1. The van der Waals surface area contributed by atoms with E-state index in [1.807, 2.05) is 23.9 Å². The quantitative estimate of drug-likeness (QED) is 0.674. The zero-order valence-corrected chi connectivity index (χ0v) is 17.2. The second-order valence-electron chi connectivity index (χ2n) is 6.43. The topological polar surface area (TPSA) is 97.9 Å². The van der Waals surface area contributed by atoms with Gasteiger partial charge in [0.25, 0.3) is 0 Å². The van der Waals surface area contributed by atoms with E-state index in [-0.39, 0.29) is 23.3 Å². The zero-order chi connectivity index (χ0) is 19.0. The zero-order valence-electron chi connectivity index (χ0n) is 15.6. The van der Waals surface area contributed by atoms with Crippen molar-refractivity contribution < 1.29 is 8.42 Å². The van der Waals surface area contributed by atoms with Crippen molar-refractivity contribution in [2.24, 2.45) is 7.05 Å². The van der Waals surface area contributed by atoms with E-state index in [4.69, 9.17) is 0 Å². The van der Waals surface area contributed by atoms with Crippen molar-refractivity contribution in [3.05, 3.63) is 54.5 Å². The van der Waals surface area contributed by atoms with Crippen LogP contribution in [0.15, 0.2) is 47.9 Å². The van der Waals surface area contributed by atoms with Crippen molar-refractivity contribution in [1.29, 1.82) is 0 Å². The van der Waals surface area contributed by atoms with Crippen LogP contribution in [0.1, 0.15) is 17.6 Å². The highest BCUT2D eigenvalue weighted by Gasteiger charge is 2.38. The summed E-state index contributed by atoms with van der Waals surface area (Å²) in [6.45, 7) is 3.21. The molecule has 4 heterocycles. The van der Waals surface area contributed by atoms with Gasteiger partial charge in [0.05, 0.1) is 17.9 Å². The third kappa shape index (κ3) is 3.44. The molecule has 11 heteroatoms. The molecule has 1 aliphatic rings. The van der Waals surface area contributed by atoms with Gasteiger partial charge in [-0.25, -0.2) is 23.1 Å². The van der Waals surface area contributed by atoms with Gasteiger partial charge < -0.3 is 9.88 Å². The minimum atomic E-state index is -3.74. The number of sulfonamides is 1. The standard InChI is InChI=1S/C17H21N7O2S.ClH/c1-13-15(12-21-24(13)16-5-3-4-6-19-16)27(25,26)23-10-7-18-11-14(23)17-20-8-9-22(17)2;/h3-6,8-9,12,14,18H,7,10-11H2,1-2H3;1H. The van der Waals surface area contributed by atoms with E-state index in [2.05, 4.69) is 20.4 Å². The summed E-state index contributed by atoms with van der Waals surface area (Å²) in [5.74, 6) is 1.29. The van der Waals surface area contributed by atoms with Crippen LogP contribution in [0, 0.1) is 6.92 Å². The first-order valence-electron chi connectivity index (χ1n) is 8.66. The van der Waals surface area contributed by atoms with Crippen LogP contribution in [0.4, 0.5) is 0 Å². The highest BCUT2D eigenvalue weighted by Crippen LogP contribution is 2.29. The summed E-state index contributed by atoms with van der Waals surface area (Å²) in [4.78, 5) is 8.80. The summed E-state index contributed by atoms with van der Waals surface area (Å²) >= 11 is 0. The first-order chi connectivity index (χ1) is 13.0. The second kappa shape index (κ2) is 8.00. The molecule has 9 nitrogen and oxygen atoms in total. The number of rotatable bonds is 4. The molecule has 0 aliphatic carbocycles. The number of nitrogens with zero attached hydrogens (tertiary/aromatic N) is 6. The molecule has 3 aromatic heterocycles. The van der Waals surface area contributed by atoms with Crippen LogP contribution in [0.5, 0.6) is 0 Å². The van der Waals surface area contributed by atoms with Gasteiger partial charge in [0.15, 0.2) is 5.82 Å². The lowest BCUT2D eigenvalue weighted by Gasteiger charge is -2.34. The van der Waals surface area contributed by atoms with E-state index in [0.29, 0.717) is 37.0 Å². The third-order valence-electron chi connectivity index (χ3n) is 4.77. The fourth-order valence-corrected chi connectivity index (χ4v) is 5.10. The van der Waals surface area contributed by atoms with Crippen LogP contribution in [0.25, 0.3) is 5.82 Å². The Hall–Kier alpha value is -2.27. The van der Waals surface area contributed by atoms with Gasteiger partial charge in [-0.3, -0.25) is 0 Å². The summed E-state index contributed by atoms with van der Waals surface area (Å²) in [6, 6.07) is 5.06. The van der Waals surface area contributed by atoms with Crippen molar-refractivity contribution in [2.75, 3.05) is 19.6 Å². The van der Waals surface area contributed by atoms with Gasteiger partial charge in [0.1, 0.15) is 10.7 Å². The number of hydrogen-bond acceptors (Lipinski definition) is 6. The normalized spacial score (nSPS) is 18.0. The highest BCUT2D eigenvalue weighted by molar-refractivity contribution is 7.89. The average Bonchev–Trinajstić information content (AvgIpc) is 3.28. The van der Waals surface area contributed by atoms with Gasteiger partial charge in [0.2, 0.25) is 10.0 Å². The van der Waals surface area contributed by atoms with Crippen molar-refractivity contribution >= 4 is 22.4 Å². The van der Waals surface area contributed by atoms with Crippen LogP contribution in [0.3, 0.4) is 0 Å². The van der Waals surface area contributed by atoms with Crippen molar-refractivity contribution in [3.8, 4) is 5.82 Å². The van der Waals surface area contributed by atoms with E-state index in [1.54, 1.807) is 36.1 Å². The van der Waals surface area contributed by atoms with E-state index in [0.717, 1.165) is 0 Å². The number of nitrogens with one attached hydrogen (secondary N) is 1. The molecule has 0 spiro atoms. The summed E-state index contributed by atoms with van der Waals surface area (Å²) in [7, 11) is -1.88. The van der Waals surface area contributed by atoms with E-state index >= 15 is 0 Å². The first-order valence-corrected chi connectivity index (χ1v) is 10.1. The number of imidazole rings is 1. The molecule has 0 amide bonds. The van der Waals surface area contributed by atoms with Gasteiger partial charge in [-0.1, -0.05) is 6.07 Å². The third-order valence-corrected chi connectivity index (χ3v) is 6.78. The number of aryl methyl sites for hydroxylation is 1. The van der Waals surface area contributed by atoms with Gasteiger partial charge >= 0.3 is 0 Å². The van der Waals surface area contributed by atoms with E-state index < -0.39 is 10.0 Å². The Labute approximate surface area is 169 Å². The molecule has 1 aliphatic heterocycles. The molecule has 150 valence electrons. The van der Waals surface area contributed by atoms with Gasteiger partial charge in [0, 0.05) is 45.3 Å². The Balaban J connectivity index is 0.00000225. The summed E-state index contributed by atoms with van der Waals surface area (Å²) in [5.41, 5.74) is 0.533. The van der Waals surface area contributed by atoms with Crippen LogP contribution in [-0.4, -0.2) is 56.7 Å². The molecule has 0 radical (unpaired) electrons. The molecule has 1 unspecified atom stereocenters. The predicted octanol–water partition coefficient (Wildman–Crippen LogP) is 1.07. The maximum Gasteiger partial charge on any atom is 0.247 e. The lowest BCUT2D eigenvalue weighted by atomic mass is 10.2. The maximum atomic E-state index is 13.5. The molecule has 0 bridgehead atoms. The molecule has 1 atom stereocenters. The fourth-order valence-electron chi connectivity index (χ4n) is 3.38. The largest absolute Gasteiger partial charge is 0.337 e. The van der Waals surface area contributed by atoms with Crippen molar-refractivity contribution in [2.45, 2.75) is 17.9 Å². The molecule has 1 N–H and O–H groups in total. The van der Waals surface area contributed by atoms with Gasteiger partial charge in [-0.15, -0.1) is 12.4 Å². The monoisotopic (exact) mass is 423 g/mol. The summed E-state index contributed by atoms with van der Waals surface area (Å²) < 4.78 is 31.8. The summed E-state index contributed by atoms with van der Waals surface area (Å²) in [5, 5.41) is 7.52. The van der Waals surface area contributed by atoms with Crippen LogP contribution in [-0.2, 0) is 17.1 Å². The fraction of sp³-hybridized carbons (Fsp3) is 0.353. The Morgan fingerprint density at radius 1 is 1.21 bits per heavy atom. The SMILES string of the molecule is Cc1c(S(=O)(=O)N2CCNCC2c2nccn2C)cnn1-c1ccccn1.Cl. The number of halogens is 1. The Morgan fingerprint density at radius 3 is 2.71 bits per heavy atom. The highest BCUT2D eigenvalue weighted by atomic mass is 35.5.